The summed E-state index contributed by atoms with van der Waals surface area (Å²) in [6.45, 7) is 9.07. The number of nitrogens with zero attached hydrogens (tertiary/aromatic N) is 4. The third-order valence-electron chi connectivity index (χ3n) is 4.79. The van der Waals surface area contributed by atoms with Crippen molar-refractivity contribution in [3.8, 4) is 0 Å². The number of carbonyl (C=O) groups excluding carboxylic acids is 1. The van der Waals surface area contributed by atoms with Gasteiger partial charge in [-0.3, -0.25) is 4.79 Å². The molecule has 1 aromatic heterocycles. The number of carbonyl (C=O) groups is 1. The molecule has 1 fully saturated rings. The highest BCUT2D eigenvalue weighted by atomic mass is 35.5. The molecule has 1 aliphatic rings. The summed E-state index contributed by atoms with van der Waals surface area (Å²) >= 11 is 5.91. The Morgan fingerprint density at radius 2 is 1.85 bits per heavy atom. The number of amides is 1. The van der Waals surface area contributed by atoms with Crippen LogP contribution in [0.1, 0.15) is 28.7 Å². The zero-order valence-electron chi connectivity index (χ0n) is 15.9. The molecular weight excluding hydrogens is 362 g/mol. The Hall–Kier alpha value is -2.18. The molecular formula is C20H26ClN5O. The van der Waals surface area contributed by atoms with Crippen LogP contribution in [0.25, 0.3) is 0 Å². The van der Waals surface area contributed by atoms with Gasteiger partial charge in [0.1, 0.15) is 5.69 Å². The average molecular weight is 388 g/mol. The first-order valence-electron chi connectivity index (χ1n) is 9.41. The summed E-state index contributed by atoms with van der Waals surface area (Å²) in [5.41, 5.74) is 2.43. The van der Waals surface area contributed by atoms with Gasteiger partial charge in [0.25, 0.3) is 5.91 Å². The van der Waals surface area contributed by atoms with Crippen molar-refractivity contribution in [3.05, 3.63) is 52.3 Å². The van der Waals surface area contributed by atoms with Gasteiger partial charge in [-0.25, -0.2) is 9.97 Å². The summed E-state index contributed by atoms with van der Waals surface area (Å²) in [6, 6.07) is 9.54. The van der Waals surface area contributed by atoms with Gasteiger partial charge in [-0.2, -0.15) is 0 Å². The van der Waals surface area contributed by atoms with Gasteiger partial charge >= 0.3 is 0 Å². The van der Waals surface area contributed by atoms with Gasteiger partial charge in [0.15, 0.2) is 0 Å². The molecule has 1 aliphatic heterocycles. The molecule has 27 heavy (non-hydrogen) atoms. The molecule has 0 saturated carbocycles. The standard InChI is InChI=1S/C20H26ClN5O/c1-3-25-10-12-26(13-11-25)19(27)18-14-15(2)23-20(24-18)22-9-8-16-4-6-17(21)7-5-16/h4-7,14H,3,8-13H2,1-2H3,(H,22,23,24). The third-order valence-corrected chi connectivity index (χ3v) is 5.04. The van der Waals surface area contributed by atoms with Crippen LogP contribution in [0.15, 0.2) is 30.3 Å². The summed E-state index contributed by atoms with van der Waals surface area (Å²) < 4.78 is 0. The maximum atomic E-state index is 12.8. The molecule has 0 bridgehead atoms. The van der Waals surface area contributed by atoms with Crippen LogP contribution < -0.4 is 5.32 Å². The predicted molar refractivity (Wildman–Crippen MR) is 108 cm³/mol. The van der Waals surface area contributed by atoms with E-state index in [1.165, 1.54) is 5.56 Å². The van der Waals surface area contributed by atoms with Crippen molar-refractivity contribution in [1.29, 1.82) is 0 Å². The number of halogens is 1. The van der Waals surface area contributed by atoms with Crippen LogP contribution in [0, 0.1) is 6.92 Å². The molecule has 2 aromatic rings. The minimum Gasteiger partial charge on any atom is -0.354 e. The van der Waals surface area contributed by atoms with Crippen LogP contribution in [0.3, 0.4) is 0 Å². The Morgan fingerprint density at radius 3 is 2.52 bits per heavy atom. The summed E-state index contributed by atoms with van der Waals surface area (Å²) in [4.78, 5) is 25.9. The SMILES string of the molecule is CCN1CCN(C(=O)c2cc(C)nc(NCCc3ccc(Cl)cc3)n2)CC1. The van der Waals surface area contributed by atoms with E-state index in [1.54, 1.807) is 6.07 Å². The number of nitrogens with one attached hydrogen (secondary N) is 1. The number of hydrogen-bond acceptors (Lipinski definition) is 5. The van der Waals surface area contributed by atoms with Gasteiger partial charge in [-0.1, -0.05) is 30.7 Å². The number of benzene rings is 1. The molecule has 0 spiro atoms. The van der Waals surface area contributed by atoms with Crippen LogP contribution in [0.5, 0.6) is 0 Å². The van der Waals surface area contributed by atoms with Crippen molar-refractivity contribution in [3.63, 3.8) is 0 Å². The number of aromatic nitrogens is 2. The lowest BCUT2D eigenvalue weighted by molar-refractivity contribution is 0.0637. The molecule has 0 unspecified atom stereocenters. The fraction of sp³-hybridized carbons (Fsp3) is 0.450. The van der Waals surface area contributed by atoms with E-state index in [0.717, 1.165) is 49.9 Å². The molecule has 1 amide bonds. The molecule has 1 aromatic carbocycles. The van der Waals surface area contributed by atoms with E-state index in [4.69, 9.17) is 11.6 Å². The van der Waals surface area contributed by atoms with E-state index in [1.807, 2.05) is 36.1 Å². The van der Waals surface area contributed by atoms with E-state index in [9.17, 15) is 4.79 Å². The Kier molecular flexibility index (Phi) is 6.63. The topological polar surface area (TPSA) is 61.4 Å². The van der Waals surface area contributed by atoms with Gasteiger partial charge in [0.2, 0.25) is 5.95 Å². The summed E-state index contributed by atoms with van der Waals surface area (Å²) in [5, 5.41) is 3.96. The number of hydrogen-bond donors (Lipinski definition) is 1. The van der Waals surface area contributed by atoms with Crippen molar-refractivity contribution in [1.82, 2.24) is 19.8 Å². The van der Waals surface area contributed by atoms with Gasteiger partial charge in [0, 0.05) is 43.4 Å². The molecule has 2 heterocycles. The van der Waals surface area contributed by atoms with Gasteiger partial charge in [-0.05, 0) is 43.7 Å². The number of aryl methyl sites for hydroxylation is 1. The van der Waals surface area contributed by atoms with Gasteiger partial charge in [-0.15, -0.1) is 0 Å². The molecule has 3 rings (SSSR count). The van der Waals surface area contributed by atoms with Crippen molar-refractivity contribution < 1.29 is 4.79 Å². The first-order valence-corrected chi connectivity index (χ1v) is 9.78. The van der Waals surface area contributed by atoms with E-state index in [-0.39, 0.29) is 5.91 Å². The van der Waals surface area contributed by atoms with Crippen LogP contribution in [0.2, 0.25) is 5.02 Å². The van der Waals surface area contributed by atoms with E-state index < -0.39 is 0 Å². The Bertz CT molecular complexity index is 772. The highest BCUT2D eigenvalue weighted by molar-refractivity contribution is 6.30. The molecule has 7 heteroatoms. The van der Waals surface area contributed by atoms with E-state index >= 15 is 0 Å². The van der Waals surface area contributed by atoms with Crippen LogP contribution in [-0.4, -0.2) is 64.9 Å². The molecule has 1 saturated heterocycles. The number of anilines is 1. The lowest BCUT2D eigenvalue weighted by Crippen LogP contribution is -2.48. The van der Waals surface area contributed by atoms with Crippen LogP contribution >= 0.6 is 11.6 Å². The second kappa shape index (κ2) is 9.15. The first-order chi connectivity index (χ1) is 13.0. The molecule has 0 aliphatic carbocycles. The maximum absolute atomic E-state index is 12.8. The Balaban J connectivity index is 1.60. The lowest BCUT2D eigenvalue weighted by Gasteiger charge is -2.33. The molecule has 1 N–H and O–H groups in total. The van der Waals surface area contributed by atoms with E-state index in [0.29, 0.717) is 18.2 Å². The molecule has 0 atom stereocenters. The van der Waals surface area contributed by atoms with Crippen molar-refractivity contribution >= 4 is 23.5 Å². The summed E-state index contributed by atoms with van der Waals surface area (Å²) in [7, 11) is 0. The molecule has 0 radical (unpaired) electrons. The fourth-order valence-corrected chi connectivity index (χ4v) is 3.28. The maximum Gasteiger partial charge on any atom is 0.272 e. The van der Waals surface area contributed by atoms with Crippen molar-refractivity contribution in [2.24, 2.45) is 0 Å². The predicted octanol–water partition coefficient (Wildman–Crippen LogP) is 2.87. The summed E-state index contributed by atoms with van der Waals surface area (Å²) in [6.07, 6.45) is 0.830. The Morgan fingerprint density at radius 1 is 1.15 bits per heavy atom. The van der Waals surface area contributed by atoms with Gasteiger partial charge in [0.05, 0.1) is 0 Å². The second-order valence-electron chi connectivity index (χ2n) is 6.75. The monoisotopic (exact) mass is 387 g/mol. The number of likely N-dealkylation sites (N-methyl/N-ethyl adjacent to an activating group) is 1. The Labute approximate surface area is 165 Å². The minimum absolute atomic E-state index is 0.0167. The largest absolute Gasteiger partial charge is 0.354 e. The number of piperazine rings is 1. The van der Waals surface area contributed by atoms with Crippen molar-refractivity contribution in [2.75, 3.05) is 44.6 Å². The highest BCUT2D eigenvalue weighted by Crippen LogP contribution is 2.12. The smallest absolute Gasteiger partial charge is 0.272 e. The first kappa shape index (κ1) is 19.6. The van der Waals surface area contributed by atoms with E-state index in [2.05, 4.69) is 27.1 Å². The minimum atomic E-state index is -0.0167. The lowest BCUT2D eigenvalue weighted by atomic mass is 10.1. The van der Waals surface area contributed by atoms with Crippen LogP contribution in [-0.2, 0) is 6.42 Å². The normalized spacial score (nSPS) is 15.0. The summed E-state index contributed by atoms with van der Waals surface area (Å²) in [5.74, 6) is 0.483. The van der Waals surface area contributed by atoms with Gasteiger partial charge < -0.3 is 15.1 Å². The highest BCUT2D eigenvalue weighted by Gasteiger charge is 2.23. The fourth-order valence-electron chi connectivity index (χ4n) is 3.16. The second-order valence-corrected chi connectivity index (χ2v) is 7.18. The zero-order valence-corrected chi connectivity index (χ0v) is 16.7. The third kappa shape index (κ3) is 5.40. The molecule has 6 nitrogen and oxygen atoms in total. The zero-order chi connectivity index (χ0) is 19.2. The quantitative estimate of drug-likeness (QED) is 0.825. The average Bonchev–Trinajstić information content (AvgIpc) is 2.68. The number of rotatable bonds is 6. The van der Waals surface area contributed by atoms with Crippen LogP contribution in [0.4, 0.5) is 5.95 Å². The molecule has 144 valence electrons. The van der Waals surface area contributed by atoms with Crippen molar-refractivity contribution in [2.45, 2.75) is 20.3 Å².